The lowest BCUT2D eigenvalue weighted by Crippen LogP contribution is -2.49. The lowest BCUT2D eigenvalue weighted by atomic mass is 10.1. The number of hydrogen-bond donors (Lipinski definition) is 4. The molecule has 140 valence electrons. The van der Waals surface area contributed by atoms with Crippen LogP contribution in [0.1, 0.15) is 12.0 Å². The number of nitrogens with one attached hydrogen (secondary N) is 1. The van der Waals surface area contributed by atoms with Crippen molar-refractivity contribution in [1.29, 1.82) is 0 Å². The van der Waals surface area contributed by atoms with Gasteiger partial charge in [-0.2, -0.15) is 20.2 Å². The van der Waals surface area contributed by atoms with Gasteiger partial charge in [0.1, 0.15) is 11.8 Å². The van der Waals surface area contributed by atoms with Crippen LogP contribution in [0.4, 0.5) is 0 Å². The minimum atomic E-state index is -4.60. The Morgan fingerprint density at radius 1 is 1.32 bits per heavy atom. The second-order valence-corrected chi connectivity index (χ2v) is 7.15. The molecule has 0 aliphatic rings. The Labute approximate surface area is 149 Å². The van der Waals surface area contributed by atoms with Crippen LogP contribution in [0.15, 0.2) is 24.3 Å². The Balaban J connectivity index is 2.63. The van der Waals surface area contributed by atoms with E-state index in [1.807, 2.05) is 6.26 Å². The molecule has 1 amide bonds. The van der Waals surface area contributed by atoms with Gasteiger partial charge in [-0.1, -0.05) is 12.1 Å². The zero-order valence-electron chi connectivity index (χ0n) is 13.4. The lowest BCUT2D eigenvalue weighted by Gasteiger charge is -2.17. The molecule has 0 aromatic heterocycles. The molecule has 0 heterocycles. The fourth-order valence-corrected chi connectivity index (χ4v) is 2.75. The highest BCUT2D eigenvalue weighted by molar-refractivity contribution is 7.98. The molecule has 0 aliphatic carbocycles. The number of rotatable bonds is 10. The molecule has 25 heavy (non-hydrogen) atoms. The Hall–Kier alpha value is -1.82. The quantitative estimate of drug-likeness (QED) is 0.404. The third-order valence-electron chi connectivity index (χ3n) is 3.14. The van der Waals surface area contributed by atoms with Gasteiger partial charge in [-0.25, -0.2) is 4.79 Å². The number of carbonyl (C=O) groups excluding carboxylic acids is 1. The summed E-state index contributed by atoms with van der Waals surface area (Å²) < 4.78 is 34.0. The molecule has 1 aromatic carbocycles. The smallest absolute Gasteiger partial charge is 0.446 e. The molecule has 9 nitrogen and oxygen atoms in total. The summed E-state index contributed by atoms with van der Waals surface area (Å²) >= 11 is 1.47. The molecule has 11 heteroatoms. The van der Waals surface area contributed by atoms with Crippen molar-refractivity contribution < 1.29 is 31.8 Å². The van der Waals surface area contributed by atoms with Crippen molar-refractivity contribution in [3.63, 3.8) is 0 Å². The molecule has 0 radical (unpaired) electrons. The third-order valence-corrected chi connectivity index (χ3v) is 4.19. The number of benzene rings is 1. The Bertz CT molecular complexity index is 692. The molecule has 0 fully saturated rings. The molecule has 2 atom stereocenters. The summed E-state index contributed by atoms with van der Waals surface area (Å²) in [6.07, 6.45) is 2.24. The van der Waals surface area contributed by atoms with Crippen LogP contribution in [0.3, 0.4) is 0 Å². The SMILES string of the molecule is CSCC[C@H](NC(=O)[C@@H](N)Cc1ccc(OS(=O)(=O)O)cc1)C(=O)O. The number of carbonyl (C=O) groups is 2. The van der Waals surface area contributed by atoms with E-state index in [1.165, 1.54) is 36.0 Å². The van der Waals surface area contributed by atoms with E-state index in [-0.39, 0.29) is 18.6 Å². The average molecular weight is 392 g/mol. The summed E-state index contributed by atoms with van der Waals surface area (Å²) in [4.78, 5) is 23.2. The van der Waals surface area contributed by atoms with Gasteiger partial charge in [0, 0.05) is 0 Å². The largest absolute Gasteiger partial charge is 0.480 e. The van der Waals surface area contributed by atoms with Crippen molar-refractivity contribution in [3.05, 3.63) is 29.8 Å². The van der Waals surface area contributed by atoms with Gasteiger partial charge < -0.3 is 20.3 Å². The monoisotopic (exact) mass is 392 g/mol. The number of thioether (sulfide) groups is 1. The van der Waals surface area contributed by atoms with Crippen LogP contribution in [0.25, 0.3) is 0 Å². The van der Waals surface area contributed by atoms with Crippen LogP contribution in [0, 0.1) is 0 Å². The molecule has 1 rings (SSSR count). The summed E-state index contributed by atoms with van der Waals surface area (Å²) in [5, 5.41) is 11.5. The first kappa shape index (κ1) is 21.2. The highest BCUT2D eigenvalue weighted by Crippen LogP contribution is 2.15. The zero-order valence-corrected chi connectivity index (χ0v) is 15.0. The second kappa shape index (κ2) is 9.61. The summed E-state index contributed by atoms with van der Waals surface area (Å²) in [6, 6.07) is 3.59. The van der Waals surface area contributed by atoms with Gasteiger partial charge in [-0.05, 0) is 42.5 Å². The van der Waals surface area contributed by atoms with E-state index >= 15 is 0 Å². The molecular formula is C14H20N2O7S2. The van der Waals surface area contributed by atoms with E-state index in [1.54, 1.807) is 0 Å². The minimum absolute atomic E-state index is 0.0905. The molecule has 0 unspecified atom stereocenters. The number of amides is 1. The number of carboxylic acid groups (broad SMARTS) is 1. The van der Waals surface area contributed by atoms with Gasteiger partial charge in [0.05, 0.1) is 6.04 Å². The van der Waals surface area contributed by atoms with Crippen molar-refractivity contribution >= 4 is 34.0 Å². The molecule has 5 N–H and O–H groups in total. The lowest BCUT2D eigenvalue weighted by molar-refractivity contribution is -0.142. The Morgan fingerprint density at radius 3 is 2.40 bits per heavy atom. The average Bonchev–Trinajstić information content (AvgIpc) is 2.51. The fourth-order valence-electron chi connectivity index (χ4n) is 1.92. The molecule has 0 spiro atoms. The molecule has 0 saturated carbocycles. The molecular weight excluding hydrogens is 372 g/mol. The molecule has 0 saturated heterocycles. The minimum Gasteiger partial charge on any atom is -0.480 e. The number of carboxylic acids is 1. The van der Waals surface area contributed by atoms with Crippen LogP contribution < -0.4 is 15.2 Å². The van der Waals surface area contributed by atoms with Crippen LogP contribution in [0.2, 0.25) is 0 Å². The summed E-state index contributed by atoms with van der Waals surface area (Å²) in [5.74, 6) is -1.22. The van der Waals surface area contributed by atoms with E-state index in [4.69, 9.17) is 15.4 Å². The fraction of sp³-hybridized carbons (Fsp3) is 0.429. The molecule has 0 bridgehead atoms. The maximum atomic E-state index is 12.0. The predicted octanol–water partition coefficient (Wildman–Crippen LogP) is 0.0605. The number of hydrogen-bond acceptors (Lipinski definition) is 7. The Morgan fingerprint density at radius 2 is 1.92 bits per heavy atom. The van der Waals surface area contributed by atoms with Gasteiger partial charge in [0.2, 0.25) is 5.91 Å². The normalized spacial score (nSPS) is 13.7. The van der Waals surface area contributed by atoms with Crippen molar-refractivity contribution in [2.24, 2.45) is 5.73 Å². The highest BCUT2D eigenvalue weighted by atomic mass is 32.3. The van der Waals surface area contributed by atoms with E-state index < -0.39 is 34.4 Å². The molecule has 1 aromatic rings. The summed E-state index contributed by atoms with van der Waals surface area (Å²) in [7, 11) is -4.60. The first-order valence-corrected chi connectivity index (χ1v) is 9.92. The highest BCUT2D eigenvalue weighted by Gasteiger charge is 2.23. The first-order chi connectivity index (χ1) is 11.6. The predicted molar refractivity (Wildman–Crippen MR) is 92.9 cm³/mol. The van der Waals surface area contributed by atoms with Crippen LogP contribution >= 0.6 is 11.8 Å². The second-order valence-electron chi connectivity index (χ2n) is 5.15. The van der Waals surface area contributed by atoms with E-state index in [0.717, 1.165) is 0 Å². The standard InChI is InChI=1S/C14H20N2O7S2/c1-24-7-6-12(14(18)19)16-13(17)11(15)8-9-2-4-10(5-3-9)23-25(20,21)22/h2-5,11-12H,6-8,15H2,1H3,(H,16,17)(H,18,19)(H,20,21,22)/t11-,12-/m0/s1. The van der Waals surface area contributed by atoms with Crippen molar-refractivity contribution in [1.82, 2.24) is 5.32 Å². The van der Waals surface area contributed by atoms with Crippen LogP contribution in [-0.2, 0) is 26.4 Å². The number of aliphatic carboxylic acids is 1. The van der Waals surface area contributed by atoms with E-state index in [0.29, 0.717) is 11.3 Å². The van der Waals surface area contributed by atoms with Crippen LogP contribution in [0.5, 0.6) is 5.75 Å². The van der Waals surface area contributed by atoms with Gasteiger partial charge in [0.15, 0.2) is 0 Å². The third kappa shape index (κ3) is 8.20. The van der Waals surface area contributed by atoms with E-state index in [2.05, 4.69) is 9.50 Å². The summed E-state index contributed by atoms with van der Waals surface area (Å²) in [5.41, 5.74) is 6.40. The van der Waals surface area contributed by atoms with Gasteiger partial charge >= 0.3 is 16.4 Å². The van der Waals surface area contributed by atoms with Gasteiger partial charge in [-0.3, -0.25) is 9.35 Å². The van der Waals surface area contributed by atoms with Gasteiger partial charge in [-0.15, -0.1) is 0 Å². The van der Waals surface area contributed by atoms with E-state index in [9.17, 15) is 18.0 Å². The van der Waals surface area contributed by atoms with Crippen LogP contribution in [-0.4, -0.2) is 54.0 Å². The topological polar surface area (TPSA) is 156 Å². The van der Waals surface area contributed by atoms with Crippen molar-refractivity contribution in [2.75, 3.05) is 12.0 Å². The number of nitrogens with two attached hydrogens (primary N) is 1. The maximum absolute atomic E-state index is 12.0. The maximum Gasteiger partial charge on any atom is 0.446 e. The van der Waals surface area contributed by atoms with Crippen molar-refractivity contribution in [2.45, 2.75) is 24.9 Å². The zero-order chi connectivity index (χ0) is 19.0. The Kier molecular flexibility index (Phi) is 8.16. The summed E-state index contributed by atoms with van der Waals surface area (Å²) in [6.45, 7) is 0. The van der Waals surface area contributed by atoms with Gasteiger partial charge in [0.25, 0.3) is 0 Å². The molecule has 0 aliphatic heterocycles. The van der Waals surface area contributed by atoms with Crippen molar-refractivity contribution in [3.8, 4) is 5.75 Å². The first-order valence-electron chi connectivity index (χ1n) is 7.16.